The van der Waals surface area contributed by atoms with E-state index in [0.717, 1.165) is 42.8 Å². The number of amides is 2. The van der Waals surface area contributed by atoms with Crippen LogP contribution in [-0.4, -0.2) is 79.1 Å². The standard InChI is InChI=1S/C28H37N7O3/c1-3-38-28(37)35-17-12-21(13-18-35)24-5-4-14-30-25(24)33-27(29)32-23-8-6-22(7-9-23)26(36)31-19-20-10-15-34(2)16-11-20/h4-9,12,14,20H,3,10-11,13,15-19H2,1-2H3,(H,31,36)(H3,29,30,32,33). The summed E-state index contributed by atoms with van der Waals surface area (Å²) in [5, 5.41) is 6.13. The number of carbonyl (C=O) groups excluding carboxylic acids is 2. The van der Waals surface area contributed by atoms with E-state index in [9.17, 15) is 9.59 Å². The maximum Gasteiger partial charge on any atom is 0.410 e. The van der Waals surface area contributed by atoms with E-state index in [2.05, 4.69) is 32.6 Å². The molecule has 0 radical (unpaired) electrons. The third-order valence-corrected chi connectivity index (χ3v) is 6.90. The molecule has 0 bridgehead atoms. The molecule has 0 aliphatic carbocycles. The first-order chi connectivity index (χ1) is 18.4. The number of hydrogen-bond acceptors (Lipinski definition) is 6. The molecule has 0 spiro atoms. The Labute approximate surface area is 224 Å². The Morgan fingerprint density at radius 3 is 2.61 bits per heavy atom. The molecular formula is C28H37N7O3. The highest BCUT2D eigenvalue weighted by molar-refractivity contribution is 5.97. The maximum atomic E-state index is 12.6. The van der Waals surface area contributed by atoms with Crippen molar-refractivity contribution in [2.24, 2.45) is 16.6 Å². The Kier molecular flexibility index (Phi) is 9.31. The van der Waals surface area contributed by atoms with E-state index in [1.807, 2.05) is 18.2 Å². The minimum atomic E-state index is -0.304. The van der Waals surface area contributed by atoms with Gasteiger partial charge in [0.2, 0.25) is 0 Å². The predicted molar refractivity (Wildman–Crippen MR) is 149 cm³/mol. The summed E-state index contributed by atoms with van der Waals surface area (Å²) in [6.07, 6.45) is 6.25. The SMILES string of the molecule is CCOC(=O)N1CC=C(c2cccnc2N=C(N)Nc2ccc(C(=O)NCC3CCN(C)CC3)cc2)CC1. The number of benzene rings is 1. The third kappa shape index (κ3) is 7.32. The highest BCUT2D eigenvalue weighted by Gasteiger charge is 2.20. The topological polar surface area (TPSA) is 125 Å². The van der Waals surface area contributed by atoms with Crippen LogP contribution in [0, 0.1) is 5.92 Å². The monoisotopic (exact) mass is 519 g/mol. The number of likely N-dealkylation sites (tertiary alicyclic amines) is 1. The zero-order chi connectivity index (χ0) is 26.9. The lowest BCUT2D eigenvalue weighted by molar-refractivity contribution is 0.0938. The number of aliphatic imine (C=N–C) groups is 1. The van der Waals surface area contributed by atoms with Crippen molar-refractivity contribution in [1.29, 1.82) is 0 Å². The second-order valence-corrected chi connectivity index (χ2v) is 9.65. The summed E-state index contributed by atoms with van der Waals surface area (Å²) in [7, 11) is 2.13. The summed E-state index contributed by atoms with van der Waals surface area (Å²) in [6.45, 7) is 6.05. The molecule has 4 rings (SSSR count). The molecule has 10 heteroatoms. The number of nitrogens with two attached hydrogens (primary N) is 1. The highest BCUT2D eigenvalue weighted by Crippen LogP contribution is 2.29. The number of ether oxygens (including phenoxy) is 1. The average molecular weight is 520 g/mol. The van der Waals surface area contributed by atoms with Crippen molar-refractivity contribution < 1.29 is 14.3 Å². The van der Waals surface area contributed by atoms with Gasteiger partial charge in [-0.25, -0.2) is 9.78 Å². The Bertz CT molecular complexity index is 1170. The average Bonchev–Trinajstić information content (AvgIpc) is 2.93. The van der Waals surface area contributed by atoms with Crippen LogP contribution < -0.4 is 16.4 Å². The first-order valence-electron chi connectivity index (χ1n) is 13.2. The number of nitrogens with zero attached hydrogens (tertiary/aromatic N) is 4. The second-order valence-electron chi connectivity index (χ2n) is 9.65. The normalized spacial score (nSPS) is 17.1. The molecule has 2 amide bonds. The van der Waals surface area contributed by atoms with E-state index in [-0.39, 0.29) is 18.0 Å². The predicted octanol–water partition coefficient (Wildman–Crippen LogP) is 3.46. The fourth-order valence-electron chi connectivity index (χ4n) is 4.63. The molecule has 2 aliphatic rings. The van der Waals surface area contributed by atoms with Gasteiger partial charge in [-0.2, -0.15) is 4.99 Å². The van der Waals surface area contributed by atoms with E-state index >= 15 is 0 Å². The van der Waals surface area contributed by atoms with E-state index in [0.29, 0.717) is 50.0 Å². The van der Waals surface area contributed by atoms with Crippen LogP contribution in [0.5, 0.6) is 0 Å². The lowest BCUT2D eigenvalue weighted by Gasteiger charge is -2.28. The van der Waals surface area contributed by atoms with Crippen LogP contribution in [0.2, 0.25) is 0 Å². The summed E-state index contributed by atoms with van der Waals surface area (Å²) in [4.78, 5) is 37.5. The number of pyridine rings is 1. The van der Waals surface area contributed by atoms with Gasteiger partial charge < -0.3 is 30.9 Å². The van der Waals surface area contributed by atoms with E-state index in [1.165, 1.54) is 0 Å². The van der Waals surface area contributed by atoms with Gasteiger partial charge in [0.15, 0.2) is 11.8 Å². The van der Waals surface area contributed by atoms with Gasteiger partial charge in [-0.3, -0.25) is 4.79 Å². The molecule has 202 valence electrons. The van der Waals surface area contributed by atoms with Crippen molar-refractivity contribution in [3.63, 3.8) is 0 Å². The van der Waals surface area contributed by atoms with Gasteiger partial charge in [0.25, 0.3) is 5.91 Å². The fraction of sp³-hybridized carbons (Fsp3) is 0.429. The zero-order valence-electron chi connectivity index (χ0n) is 22.2. The van der Waals surface area contributed by atoms with Crippen molar-refractivity contribution in [3.05, 3.63) is 59.8 Å². The Morgan fingerprint density at radius 2 is 1.92 bits per heavy atom. The number of anilines is 1. The van der Waals surface area contributed by atoms with Crippen LogP contribution in [0.25, 0.3) is 5.57 Å². The van der Waals surface area contributed by atoms with Gasteiger partial charge in [-0.1, -0.05) is 6.08 Å². The van der Waals surface area contributed by atoms with Gasteiger partial charge in [0.1, 0.15) is 0 Å². The molecule has 1 aromatic heterocycles. The summed E-state index contributed by atoms with van der Waals surface area (Å²) < 4.78 is 5.09. The van der Waals surface area contributed by atoms with Crippen molar-refractivity contribution in [1.82, 2.24) is 20.1 Å². The Morgan fingerprint density at radius 1 is 1.16 bits per heavy atom. The summed E-state index contributed by atoms with van der Waals surface area (Å²) in [5.74, 6) is 1.15. The van der Waals surface area contributed by atoms with Crippen LogP contribution in [0.1, 0.15) is 42.1 Å². The molecule has 2 aromatic rings. The lowest BCUT2D eigenvalue weighted by Crippen LogP contribution is -2.36. The smallest absolute Gasteiger partial charge is 0.410 e. The number of piperidine rings is 1. The van der Waals surface area contributed by atoms with Crippen molar-refractivity contribution in [2.45, 2.75) is 26.2 Å². The van der Waals surface area contributed by atoms with Crippen LogP contribution in [0.4, 0.5) is 16.3 Å². The molecule has 2 aliphatic heterocycles. The molecule has 4 N–H and O–H groups in total. The molecule has 10 nitrogen and oxygen atoms in total. The zero-order valence-corrected chi connectivity index (χ0v) is 22.2. The van der Waals surface area contributed by atoms with Crippen LogP contribution >= 0.6 is 0 Å². The quantitative estimate of drug-likeness (QED) is 0.378. The lowest BCUT2D eigenvalue weighted by atomic mass is 9.97. The highest BCUT2D eigenvalue weighted by atomic mass is 16.6. The number of carbonyl (C=O) groups is 2. The summed E-state index contributed by atoms with van der Waals surface area (Å²) in [6, 6.07) is 11.0. The van der Waals surface area contributed by atoms with Crippen molar-refractivity contribution in [3.8, 4) is 0 Å². The minimum Gasteiger partial charge on any atom is -0.450 e. The molecule has 3 heterocycles. The third-order valence-electron chi connectivity index (χ3n) is 6.90. The fourth-order valence-corrected chi connectivity index (χ4v) is 4.63. The second kappa shape index (κ2) is 13.0. The Balaban J connectivity index is 1.34. The van der Waals surface area contributed by atoms with Crippen LogP contribution in [0.15, 0.2) is 53.7 Å². The minimum absolute atomic E-state index is 0.0717. The number of guanidine groups is 1. The van der Waals surface area contributed by atoms with Crippen LogP contribution in [-0.2, 0) is 4.74 Å². The molecule has 1 aromatic carbocycles. The molecule has 0 unspecified atom stereocenters. The van der Waals surface area contributed by atoms with Gasteiger partial charge in [-0.05, 0) is 94.2 Å². The largest absolute Gasteiger partial charge is 0.450 e. The van der Waals surface area contributed by atoms with Gasteiger partial charge in [0, 0.05) is 42.6 Å². The molecule has 0 saturated carbocycles. The molecule has 0 atom stereocenters. The number of hydrogen-bond donors (Lipinski definition) is 3. The first-order valence-corrected chi connectivity index (χ1v) is 13.2. The van der Waals surface area contributed by atoms with Crippen molar-refractivity contribution in [2.75, 3.05) is 51.7 Å². The van der Waals surface area contributed by atoms with Crippen LogP contribution in [0.3, 0.4) is 0 Å². The molecule has 1 saturated heterocycles. The first kappa shape index (κ1) is 27.1. The summed E-state index contributed by atoms with van der Waals surface area (Å²) in [5.41, 5.74) is 9.45. The van der Waals surface area contributed by atoms with Gasteiger partial charge in [-0.15, -0.1) is 0 Å². The molecular weight excluding hydrogens is 482 g/mol. The maximum absolute atomic E-state index is 12.6. The Hall–Kier alpha value is -3.92. The van der Waals surface area contributed by atoms with Gasteiger partial charge >= 0.3 is 6.09 Å². The van der Waals surface area contributed by atoms with E-state index in [4.69, 9.17) is 10.5 Å². The number of aromatic nitrogens is 1. The molecule has 38 heavy (non-hydrogen) atoms. The van der Waals surface area contributed by atoms with E-state index in [1.54, 1.807) is 42.3 Å². The number of nitrogens with one attached hydrogen (secondary N) is 2. The molecule has 1 fully saturated rings. The van der Waals surface area contributed by atoms with Crippen molar-refractivity contribution >= 4 is 35.0 Å². The van der Waals surface area contributed by atoms with Gasteiger partial charge in [0.05, 0.1) is 6.61 Å². The number of rotatable bonds is 7. The van der Waals surface area contributed by atoms with E-state index < -0.39 is 0 Å². The summed E-state index contributed by atoms with van der Waals surface area (Å²) >= 11 is 0.